The predicted molar refractivity (Wildman–Crippen MR) is 101 cm³/mol. The van der Waals surface area contributed by atoms with E-state index in [1.54, 1.807) is 39.5 Å². The Bertz CT molecular complexity index is 935. The smallest absolute Gasteiger partial charge is 0.251 e. The zero-order chi connectivity index (χ0) is 19.2. The van der Waals surface area contributed by atoms with Gasteiger partial charge in [0, 0.05) is 25.6 Å². The number of aromatic nitrogens is 1. The molecule has 0 aliphatic heterocycles. The molecule has 0 saturated carbocycles. The molecule has 7 heteroatoms. The molecule has 142 valence electrons. The van der Waals surface area contributed by atoms with Crippen molar-refractivity contribution in [1.29, 1.82) is 0 Å². The summed E-state index contributed by atoms with van der Waals surface area (Å²) in [5, 5.41) is 2.78. The van der Waals surface area contributed by atoms with Crippen molar-refractivity contribution < 1.29 is 23.4 Å². The van der Waals surface area contributed by atoms with E-state index in [1.165, 1.54) is 0 Å². The molecule has 7 nitrogen and oxygen atoms in total. The van der Waals surface area contributed by atoms with E-state index in [-0.39, 0.29) is 5.91 Å². The molecular weight excluding hydrogens is 348 g/mol. The number of ether oxygens (including phenoxy) is 3. The number of amides is 1. The Labute approximate surface area is 157 Å². The van der Waals surface area contributed by atoms with Crippen LogP contribution in [0.25, 0.3) is 11.1 Å². The van der Waals surface area contributed by atoms with Gasteiger partial charge >= 0.3 is 0 Å². The first-order chi connectivity index (χ1) is 13.1. The maximum absolute atomic E-state index is 12.1. The lowest BCUT2D eigenvalue weighted by Crippen LogP contribution is -2.26. The second kappa shape index (κ2) is 8.55. The average Bonchev–Trinajstić information content (AvgIpc) is 3.09. The van der Waals surface area contributed by atoms with Crippen molar-refractivity contribution in [2.75, 3.05) is 34.5 Å². The minimum Gasteiger partial charge on any atom is -0.493 e. The lowest BCUT2D eigenvalue weighted by Gasteiger charge is -2.08. The summed E-state index contributed by atoms with van der Waals surface area (Å²) < 4.78 is 21.3. The maximum Gasteiger partial charge on any atom is 0.251 e. The quantitative estimate of drug-likeness (QED) is 0.614. The topological polar surface area (TPSA) is 82.8 Å². The van der Waals surface area contributed by atoms with E-state index in [0.29, 0.717) is 53.6 Å². The summed E-state index contributed by atoms with van der Waals surface area (Å²) in [5.74, 6) is 1.71. The van der Waals surface area contributed by atoms with Crippen LogP contribution in [0.2, 0.25) is 0 Å². The molecule has 0 saturated heterocycles. The molecule has 3 aromatic rings. The molecule has 0 atom stereocenters. The van der Waals surface area contributed by atoms with Crippen LogP contribution in [0.4, 0.5) is 0 Å². The standard InChI is InChI=1S/C20H22N2O5/c1-24-9-8-21-20(23)14-5-6-15-17(12-14)27-19(22-15)11-13-4-7-16(25-2)18(10-13)26-3/h4-7,10,12H,8-9,11H2,1-3H3,(H,21,23). The molecule has 27 heavy (non-hydrogen) atoms. The molecule has 3 rings (SSSR count). The summed E-state index contributed by atoms with van der Waals surface area (Å²) in [6.07, 6.45) is 0.504. The van der Waals surface area contributed by atoms with Gasteiger partial charge in [-0.05, 0) is 35.9 Å². The van der Waals surface area contributed by atoms with E-state index < -0.39 is 0 Å². The van der Waals surface area contributed by atoms with E-state index in [9.17, 15) is 4.79 Å². The highest BCUT2D eigenvalue weighted by Gasteiger charge is 2.12. The fourth-order valence-electron chi connectivity index (χ4n) is 2.72. The lowest BCUT2D eigenvalue weighted by atomic mass is 10.1. The van der Waals surface area contributed by atoms with Gasteiger partial charge in [-0.1, -0.05) is 6.07 Å². The number of benzene rings is 2. The van der Waals surface area contributed by atoms with Gasteiger partial charge in [-0.15, -0.1) is 0 Å². The summed E-state index contributed by atoms with van der Waals surface area (Å²) in [6, 6.07) is 10.9. The lowest BCUT2D eigenvalue weighted by molar-refractivity contribution is 0.0937. The summed E-state index contributed by atoms with van der Waals surface area (Å²) in [7, 11) is 4.79. The fraction of sp³-hybridized carbons (Fsp3) is 0.300. The van der Waals surface area contributed by atoms with Crippen molar-refractivity contribution >= 4 is 17.0 Å². The van der Waals surface area contributed by atoms with E-state index in [1.807, 2.05) is 18.2 Å². The number of fused-ring (bicyclic) bond motifs is 1. The Morgan fingerprint density at radius 3 is 2.63 bits per heavy atom. The molecule has 1 heterocycles. The number of rotatable bonds is 8. The van der Waals surface area contributed by atoms with Crippen LogP contribution in [-0.2, 0) is 11.2 Å². The number of nitrogens with zero attached hydrogens (tertiary/aromatic N) is 1. The minimum atomic E-state index is -0.174. The molecule has 0 bridgehead atoms. The largest absolute Gasteiger partial charge is 0.493 e. The molecule has 1 N–H and O–H groups in total. The van der Waals surface area contributed by atoms with Crippen molar-refractivity contribution in [3.8, 4) is 11.5 Å². The van der Waals surface area contributed by atoms with Crippen LogP contribution < -0.4 is 14.8 Å². The van der Waals surface area contributed by atoms with Crippen LogP contribution in [0.5, 0.6) is 11.5 Å². The summed E-state index contributed by atoms with van der Waals surface area (Å²) >= 11 is 0. The first kappa shape index (κ1) is 18.7. The maximum atomic E-state index is 12.1. The zero-order valence-corrected chi connectivity index (χ0v) is 15.6. The average molecular weight is 370 g/mol. The predicted octanol–water partition coefficient (Wildman–Crippen LogP) is 2.81. The number of carbonyl (C=O) groups is 1. The van der Waals surface area contributed by atoms with Gasteiger partial charge in [-0.3, -0.25) is 4.79 Å². The fourth-order valence-corrected chi connectivity index (χ4v) is 2.72. The Kier molecular flexibility index (Phi) is 5.93. The number of carbonyl (C=O) groups excluding carboxylic acids is 1. The highest BCUT2D eigenvalue weighted by Crippen LogP contribution is 2.29. The van der Waals surface area contributed by atoms with Gasteiger partial charge in [0.15, 0.2) is 23.0 Å². The molecule has 0 fully saturated rings. The van der Waals surface area contributed by atoms with Crippen LogP contribution in [0.3, 0.4) is 0 Å². The van der Waals surface area contributed by atoms with E-state index in [4.69, 9.17) is 18.6 Å². The monoisotopic (exact) mass is 370 g/mol. The van der Waals surface area contributed by atoms with Crippen molar-refractivity contribution in [2.45, 2.75) is 6.42 Å². The summed E-state index contributed by atoms with van der Waals surface area (Å²) in [6.45, 7) is 0.917. The molecule has 1 aromatic heterocycles. The Morgan fingerprint density at radius 1 is 1.07 bits per heavy atom. The second-order valence-electron chi connectivity index (χ2n) is 5.90. The molecule has 2 aromatic carbocycles. The van der Waals surface area contributed by atoms with Crippen molar-refractivity contribution in [3.05, 3.63) is 53.4 Å². The number of hydrogen-bond acceptors (Lipinski definition) is 6. The number of methoxy groups -OCH3 is 3. The number of hydrogen-bond donors (Lipinski definition) is 1. The summed E-state index contributed by atoms with van der Waals surface area (Å²) in [4.78, 5) is 16.6. The van der Waals surface area contributed by atoms with Gasteiger partial charge in [0.25, 0.3) is 5.91 Å². The van der Waals surface area contributed by atoms with Crippen LogP contribution in [0.15, 0.2) is 40.8 Å². The highest BCUT2D eigenvalue weighted by molar-refractivity contribution is 5.97. The first-order valence-electron chi connectivity index (χ1n) is 8.52. The van der Waals surface area contributed by atoms with Crippen molar-refractivity contribution in [3.63, 3.8) is 0 Å². The zero-order valence-electron chi connectivity index (χ0n) is 15.6. The highest BCUT2D eigenvalue weighted by atomic mass is 16.5. The van der Waals surface area contributed by atoms with Crippen LogP contribution in [-0.4, -0.2) is 45.4 Å². The van der Waals surface area contributed by atoms with Gasteiger partial charge in [-0.25, -0.2) is 4.98 Å². The third-order valence-corrected chi connectivity index (χ3v) is 4.09. The number of oxazole rings is 1. The molecule has 0 spiro atoms. The normalized spacial score (nSPS) is 10.8. The van der Waals surface area contributed by atoms with E-state index >= 15 is 0 Å². The molecular formula is C20H22N2O5. The first-order valence-corrected chi connectivity index (χ1v) is 8.52. The van der Waals surface area contributed by atoms with E-state index in [2.05, 4.69) is 10.3 Å². The van der Waals surface area contributed by atoms with E-state index in [0.717, 1.165) is 5.56 Å². The van der Waals surface area contributed by atoms with Crippen molar-refractivity contribution in [1.82, 2.24) is 10.3 Å². The molecule has 0 aliphatic rings. The minimum absolute atomic E-state index is 0.174. The molecule has 1 amide bonds. The Hall–Kier alpha value is -3.06. The van der Waals surface area contributed by atoms with Gasteiger partial charge in [0.05, 0.1) is 20.8 Å². The van der Waals surface area contributed by atoms with Gasteiger partial charge < -0.3 is 23.9 Å². The van der Waals surface area contributed by atoms with Gasteiger partial charge in [0.2, 0.25) is 0 Å². The molecule has 0 unspecified atom stereocenters. The third kappa shape index (κ3) is 4.38. The van der Waals surface area contributed by atoms with Crippen LogP contribution >= 0.6 is 0 Å². The van der Waals surface area contributed by atoms with Crippen LogP contribution in [0.1, 0.15) is 21.8 Å². The molecule has 0 aliphatic carbocycles. The Morgan fingerprint density at radius 2 is 1.89 bits per heavy atom. The van der Waals surface area contributed by atoms with Gasteiger partial charge in [0.1, 0.15) is 5.52 Å². The second-order valence-corrected chi connectivity index (χ2v) is 5.90. The van der Waals surface area contributed by atoms with Crippen molar-refractivity contribution in [2.24, 2.45) is 0 Å². The number of nitrogens with one attached hydrogen (secondary N) is 1. The third-order valence-electron chi connectivity index (χ3n) is 4.09. The Balaban J connectivity index is 1.77. The van der Waals surface area contributed by atoms with Crippen LogP contribution in [0, 0.1) is 0 Å². The SMILES string of the molecule is COCCNC(=O)c1ccc2nc(Cc3ccc(OC)c(OC)c3)oc2c1. The summed E-state index contributed by atoms with van der Waals surface area (Å²) in [5.41, 5.74) is 2.79. The van der Waals surface area contributed by atoms with Gasteiger partial charge in [-0.2, -0.15) is 0 Å². The molecule has 0 radical (unpaired) electrons.